The summed E-state index contributed by atoms with van der Waals surface area (Å²) in [4.78, 5) is 12.8. The van der Waals surface area contributed by atoms with Crippen LogP contribution in [0.25, 0.3) is 17.1 Å². The van der Waals surface area contributed by atoms with E-state index < -0.39 is 29.2 Å². The van der Waals surface area contributed by atoms with Crippen molar-refractivity contribution in [1.82, 2.24) is 24.7 Å². The Bertz CT molecular complexity index is 1600. The molecule has 0 unspecified atom stereocenters. The van der Waals surface area contributed by atoms with Crippen molar-refractivity contribution in [3.8, 4) is 17.1 Å². The zero-order valence-corrected chi connectivity index (χ0v) is 27.6. The minimum absolute atomic E-state index is 0. The first-order valence-corrected chi connectivity index (χ1v) is 13.5. The molecule has 4 aromatic heterocycles. The molecule has 4 heterocycles. The van der Waals surface area contributed by atoms with Crippen molar-refractivity contribution in [1.29, 1.82) is 0 Å². The topological polar surface area (TPSA) is 56.5 Å². The van der Waals surface area contributed by atoms with Crippen LogP contribution in [-0.4, -0.2) is 24.7 Å². The van der Waals surface area contributed by atoms with E-state index in [1.165, 1.54) is 0 Å². The van der Waals surface area contributed by atoms with Crippen LogP contribution in [-0.2, 0) is 45.5 Å². The van der Waals surface area contributed by atoms with Crippen LogP contribution in [0.3, 0.4) is 0 Å². The molecular formula is C32H34F5N5Pt. The minimum atomic E-state index is -4.62. The molecule has 0 aliphatic rings. The van der Waals surface area contributed by atoms with Crippen molar-refractivity contribution in [2.75, 3.05) is 0 Å². The molecule has 0 saturated heterocycles. The van der Waals surface area contributed by atoms with Gasteiger partial charge in [-0.25, -0.2) is 8.78 Å². The summed E-state index contributed by atoms with van der Waals surface area (Å²) >= 11 is 0. The summed E-state index contributed by atoms with van der Waals surface area (Å²) in [6.45, 7) is 16.2. The van der Waals surface area contributed by atoms with Crippen LogP contribution in [0.2, 0.25) is 0 Å². The van der Waals surface area contributed by atoms with E-state index in [1.807, 2.05) is 26.0 Å². The van der Waals surface area contributed by atoms with Gasteiger partial charge in [0.1, 0.15) is 11.9 Å². The maximum atomic E-state index is 14.8. The Morgan fingerprint density at radius 1 is 0.721 bits per heavy atom. The molecule has 0 amide bonds. The van der Waals surface area contributed by atoms with E-state index in [-0.39, 0.29) is 49.0 Å². The average Bonchev–Trinajstić information content (AvgIpc) is 3.33. The number of rotatable bonds is 6. The summed E-state index contributed by atoms with van der Waals surface area (Å²) in [5, 5.41) is 3.68. The van der Waals surface area contributed by atoms with Crippen LogP contribution in [0, 0.1) is 35.0 Å². The number of hydrogen-bond donors (Lipinski definition) is 0. The summed E-state index contributed by atoms with van der Waals surface area (Å²) in [6.07, 6.45) is -0.839. The van der Waals surface area contributed by atoms with Crippen LogP contribution in [0.4, 0.5) is 22.0 Å². The van der Waals surface area contributed by atoms with Crippen molar-refractivity contribution >= 4 is 0 Å². The smallest absolute Gasteiger partial charge is 0.343 e. The summed E-state index contributed by atoms with van der Waals surface area (Å²) in [5.41, 5.74) is 0.757. The Morgan fingerprint density at radius 2 is 1.28 bits per heavy atom. The summed E-state index contributed by atoms with van der Waals surface area (Å²) < 4.78 is 69.3. The Kier molecular flexibility index (Phi) is 9.77. The van der Waals surface area contributed by atoms with Gasteiger partial charge in [0.15, 0.2) is 0 Å². The molecule has 0 radical (unpaired) electrons. The van der Waals surface area contributed by atoms with E-state index in [2.05, 4.69) is 63.9 Å². The molecule has 0 fully saturated rings. The first kappa shape index (κ1) is 34.5. The Labute approximate surface area is 263 Å². The van der Waals surface area contributed by atoms with Crippen molar-refractivity contribution in [3.05, 3.63) is 88.8 Å². The molecule has 0 N–H and O–H groups in total. The number of nitrogens with zero attached hydrogens (tertiary/aromatic N) is 5. The van der Waals surface area contributed by atoms with E-state index in [1.54, 1.807) is 12.1 Å². The van der Waals surface area contributed by atoms with E-state index in [0.717, 1.165) is 27.9 Å². The van der Waals surface area contributed by atoms with E-state index in [9.17, 15) is 22.0 Å². The van der Waals surface area contributed by atoms with Gasteiger partial charge in [-0.2, -0.15) is 13.2 Å². The van der Waals surface area contributed by atoms with Gasteiger partial charge in [-0.15, -0.1) is 12.1 Å². The molecule has 232 valence electrons. The van der Waals surface area contributed by atoms with Gasteiger partial charge in [0.2, 0.25) is 0 Å². The van der Waals surface area contributed by atoms with Gasteiger partial charge in [-0.3, -0.25) is 15.1 Å². The second kappa shape index (κ2) is 12.2. The van der Waals surface area contributed by atoms with Gasteiger partial charge in [0.25, 0.3) is 0 Å². The molecule has 43 heavy (non-hydrogen) atoms. The molecule has 4 rings (SSSR count). The number of halogens is 5. The summed E-state index contributed by atoms with van der Waals surface area (Å²) in [7, 11) is 0. The standard InChI is InChI=1S/C32H34F5N5.Pt/c1-29(2,3)17-19-13-22(21-9-10-26(33)40-28(21)34)38-24(14-19)31(7,8)25-15-20(18-30(4,5)6)16-27(39-25)42-12-11-23(41-42)32(35,36)37;/h10-11,13-16H,17-18H2,1-8H3;/q-2;+2. The third-order valence-corrected chi connectivity index (χ3v) is 6.55. The third kappa shape index (κ3) is 8.55. The largest absolute Gasteiger partial charge is 2.00 e. The predicted octanol–water partition coefficient (Wildman–Crippen LogP) is 8.12. The van der Waals surface area contributed by atoms with Gasteiger partial charge in [-0.1, -0.05) is 82.6 Å². The fourth-order valence-corrected chi connectivity index (χ4v) is 4.69. The van der Waals surface area contributed by atoms with Crippen molar-refractivity contribution in [2.24, 2.45) is 10.8 Å². The molecule has 11 heteroatoms. The van der Waals surface area contributed by atoms with Gasteiger partial charge in [0, 0.05) is 16.8 Å². The van der Waals surface area contributed by atoms with Crippen LogP contribution in [0.1, 0.15) is 83.6 Å². The first-order valence-electron chi connectivity index (χ1n) is 13.5. The fourth-order valence-electron chi connectivity index (χ4n) is 4.69. The quantitative estimate of drug-likeness (QED) is 0.113. The van der Waals surface area contributed by atoms with Crippen LogP contribution >= 0.6 is 0 Å². The Balaban J connectivity index is 0.00000506. The summed E-state index contributed by atoms with van der Waals surface area (Å²) in [5.74, 6) is -1.83. The second-order valence-corrected chi connectivity index (χ2v) is 13.5. The van der Waals surface area contributed by atoms with Gasteiger partial charge < -0.3 is 9.67 Å². The van der Waals surface area contributed by atoms with Gasteiger partial charge in [-0.05, 0) is 55.3 Å². The maximum absolute atomic E-state index is 14.8. The third-order valence-electron chi connectivity index (χ3n) is 6.55. The Hall–Kier alpha value is -3.00. The van der Waals surface area contributed by atoms with Gasteiger partial charge >= 0.3 is 27.2 Å². The molecule has 0 spiro atoms. The molecule has 0 aromatic carbocycles. The molecular weight excluding hydrogens is 744 g/mol. The first-order chi connectivity index (χ1) is 19.2. The van der Waals surface area contributed by atoms with E-state index in [0.29, 0.717) is 24.2 Å². The number of aromatic nitrogens is 5. The molecule has 0 atom stereocenters. The number of alkyl halides is 3. The number of hydrogen-bond acceptors (Lipinski definition) is 4. The SMILES string of the molecule is CC(C)(C)Cc1cc(-c2[c-]cc(F)nc2F)nc(C(C)(C)c2cc(CC(C)(C)C)cc(-n3[c-]cc(C(F)(F)F)n3)n2)c1.[Pt+2]. The fraction of sp³-hybridized carbons (Fsp3) is 0.438. The Morgan fingerprint density at radius 3 is 1.79 bits per heavy atom. The molecule has 0 saturated carbocycles. The van der Waals surface area contributed by atoms with Crippen LogP contribution < -0.4 is 0 Å². The van der Waals surface area contributed by atoms with E-state index in [4.69, 9.17) is 9.97 Å². The summed E-state index contributed by atoms with van der Waals surface area (Å²) in [6, 6.07) is 11.6. The number of pyridine rings is 3. The molecule has 0 aliphatic carbocycles. The normalized spacial score (nSPS) is 12.8. The zero-order chi connectivity index (χ0) is 31.3. The zero-order valence-electron chi connectivity index (χ0n) is 25.3. The van der Waals surface area contributed by atoms with Gasteiger partial charge in [0.05, 0.1) is 11.5 Å². The maximum Gasteiger partial charge on any atom is 2.00 e. The van der Waals surface area contributed by atoms with Crippen molar-refractivity contribution in [2.45, 2.75) is 79.8 Å². The molecule has 5 nitrogen and oxygen atoms in total. The van der Waals surface area contributed by atoms with Crippen molar-refractivity contribution in [3.63, 3.8) is 0 Å². The van der Waals surface area contributed by atoms with E-state index >= 15 is 0 Å². The molecule has 0 aliphatic heterocycles. The molecule has 0 bridgehead atoms. The average molecular weight is 779 g/mol. The van der Waals surface area contributed by atoms with Crippen molar-refractivity contribution < 1.29 is 43.0 Å². The molecule has 4 aromatic rings. The predicted molar refractivity (Wildman–Crippen MR) is 150 cm³/mol. The van der Waals surface area contributed by atoms with Crippen LogP contribution in [0.15, 0.2) is 36.4 Å². The minimum Gasteiger partial charge on any atom is -0.343 e. The monoisotopic (exact) mass is 778 g/mol. The second-order valence-electron chi connectivity index (χ2n) is 13.5. The van der Waals surface area contributed by atoms with Crippen LogP contribution in [0.5, 0.6) is 0 Å².